The Kier molecular flexibility index (Phi) is 9.91. The van der Waals surface area contributed by atoms with Gasteiger partial charge in [-0.05, 0) is 0 Å². The van der Waals surface area contributed by atoms with Gasteiger partial charge in [0.2, 0.25) is 0 Å². The molecule has 0 atom stereocenters. The minimum Gasteiger partial charge on any atom is -0.741 e. The number of allylic oxidation sites excluding steroid dienone is 8. The van der Waals surface area contributed by atoms with E-state index in [2.05, 4.69) is 36.5 Å². The zero-order valence-corrected chi connectivity index (χ0v) is 16.2. The van der Waals surface area contributed by atoms with Crippen molar-refractivity contribution >= 4 is 10.1 Å². The molecular formula is C17H22F3O3RhS. The van der Waals surface area contributed by atoms with Crippen LogP contribution in [-0.2, 0) is 27.2 Å². The summed E-state index contributed by atoms with van der Waals surface area (Å²) in [6.07, 6.45) is 24.5. The largest absolute Gasteiger partial charge is 0.741 e. The van der Waals surface area contributed by atoms with Gasteiger partial charge in [-0.25, -0.2) is 8.42 Å². The minimum absolute atomic E-state index is 0.563. The van der Waals surface area contributed by atoms with Crippen molar-refractivity contribution in [3.8, 4) is 0 Å². The van der Waals surface area contributed by atoms with Gasteiger partial charge in [-0.15, -0.1) is 0 Å². The van der Waals surface area contributed by atoms with Crippen molar-refractivity contribution in [2.45, 2.75) is 56.9 Å². The molecule has 8 heteroatoms. The van der Waals surface area contributed by atoms with Crippen LogP contribution < -0.4 is 0 Å². The second kappa shape index (κ2) is 11.1. The summed E-state index contributed by atoms with van der Waals surface area (Å²) in [7, 11) is -6.09. The Bertz CT molecular complexity index is 598. The van der Waals surface area contributed by atoms with E-state index >= 15 is 0 Å². The van der Waals surface area contributed by atoms with Gasteiger partial charge in [0.25, 0.3) is 0 Å². The molecular weight excluding hydrogens is 444 g/mol. The molecule has 0 fully saturated rings. The molecule has 2 aliphatic carbocycles. The predicted octanol–water partition coefficient (Wildman–Crippen LogP) is 5.15. The van der Waals surface area contributed by atoms with Crippen LogP contribution in [0.4, 0.5) is 13.2 Å². The summed E-state index contributed by atoms with van der Waals surface area (Å²) in [5.74, 6) is 0. The first kappa shape index (κ1) is 22.3. The summed E-state index contributed by atoms with van der Waals surface area (Å²) in [6.45, 7) is 0. The van der Waals surface area contributed by atoms with Crippen LogP contribution in [0.25, 0.3) is 0 Å². The van der Waals surface area contributed by atoms with Gasteiger partial charge < -0.3 is 4.55 Å². The topological polar surface area (TPSA) is 57.2 Å². The third-order valence-electron chi connectivity index (χ3n) is 3.29. The van der Waals surface area contributed by atoms with Gasteiger partial charge in [0.1, 0.15) is 0 Å². The van der Waals surface area contributed by atoms with E-state index in [1.54, 1.807) is 8.33 Å². The number of hydrogen-bond donors (Lipinski definition) is 0. The SMILES string of the molecule is C1=C\CC/[C]([Rh+]/[C]2=C/CC/C=C\CC2)=C\CC/1.O=S(=O)([O-])C(F)(F)F. The Hall–Kier alpha value is -0.717. The smallest absolute Gasteiger partial charge is 0.485 e. The maximum absolute atomic E-state index is 10.7. The van der Waals surface area contributed by atoms with Crippen LogP contribution in [0, 0.1) is 0 Å². The molecule has 0 spiro atoms. The third kappa shape index (κ3) is 10.1. The average Bonchev–Trinajstić information content (AvgIpc) is 2.42. The van der Waals surface area contributed by atoms with Gasteiger partial charge in [0.05, 0.1) is 0 Å². The fraction of sp³-hybridized carbons (Fsp3) is 0.529. The number of alkyl halides is 3. The minimum atomic E-state index is -6.09. The Morgan fingerprint density at radius 2 is 1.16 bits per heavy atom. The van der Waals surface area contributed by atoms with E-state index in [0.29, 0.717) is 17.1 Å². The summed E-state index contributed by atoms with van der Waals surface area (Å²) in [6, 6.07) is 0. The van der Waals surface area contributed by atoms with Crippen LogP contribution >= 0.6 is 0 Å². The molecule has 0 amide bonds. The number of rotatable bonds is 2. The van der Waals surface area contributed by atoms with Gasteiger partial charge in [-0.3, -0.25) is 0 Å². The zero-order valence-electron chi connectivity index (χ0n) is 13.7. The quantitative estimate of drug-likeness (QED) is 0.245. The molecule has 0 unspecified atom stereocenters. The maximum Gasteiger partial charge on any atom is 0.485 e. The van der Waals surface area contributed by atoms with Gasteiger partial charge in [0, 0.05) is 0 Å². The second-order valence-corrected chi connectivity index (χ2v) is 9.29. The Morgan fingerprint density at radius 1 is 0.800 bits per heavy atom. The van der Waals surface area contributed by atoms with E-state index in [-0.39, 0.29) is 0 Å². The van der Waals surface area contributed by atoms with E-state index in [0.717, 1.165) is 0 Å². The predicted molar refractivity (Wildman–Crippen MR) is 87.1 cm³/mol. The molecule has 0 radical (unpaired) electrons. The second-order valence-electron chi connectivity index (χ2n) is 5.40. The molecule has 0 aromatic carbocycles. The van der Waals surface area contributed by atoms with Crippen molar-refractivity contribution in [3.63, 3.8) is 0 Å². The fourth-order valence-electron chi connectivity index (χ4n) is 2.05. The Balaban J connectivity index is 0.000000333. The van der Waals surface area contributed by atoms with Crippen LogP contribution in [0.5, 0.6) is 0 Å². The first-order valence-electron chi connectivity index (χ1n) is 8.01. The average molecular weight is 466 g/mol. The Morgan fingerprint density at radius 3 is 1.52 bits per heavy atom. The zero-order chi connectivity index (χ0) is 18.8. The molecule has 144 valence electrons. The van der Waals surface area contributed by atoms with Crippen molar-refractivity contribution in [3.05, 3.63) is 44.8 Å². The molecule has 0 saturated carbocycles. The van der Waals surface area contributed by atoms with Crippen molar-refractivity contribution < 1.29 is 43.3 Å². The molecule has 0 heterocycles. The van der Waals surface area contributed by atoms with E-state index in [9.17, 15) is 13.2 Å². The van der Waals surface area contributed by atoms with E-state index in [1.807, 2.05) is 0 Å². The molecule has 2 aliphatic rings. The van der Waals surface area contributed by atoms with Gasteiger partial charge in [-0.1, -0.05) is 0 Å². The third-order valence-corrected chi connectivity index (χ3v) is 6.40. The molecule has 0 aromatic heterocycles. The summed E-state index contributed by atoms with van der Waals surface area (Å²) < 4.78 is 62.4. The van der Waals surface area contributed by atoms with Crippen LogP contribution in [0.3, 0.4) is 0 Å². The first-order chi connectivity index (χ1) is 11.7. The normalized spacial score (nSPS) is 26.2. The monoisotopic (exact) mass is 466 g/mol. The summed E-state index contributed by atoms with van der Waals surface area (Å²) in [4.78, 5) is 0. The van der Waals surface area contributed by atoms with E-state index in [4.69, 9.17) is 13.0 Å². The van der Waals surface area contributed by atoms with E-state index < -0.39 is 15.6 Å². The standard InChI is InChI=1S/2C8H11.CHF3O3S.Rh/c2*1-2-4-6-8-7-5-3-1;2-1(3,4)8(5,6)7;/h2*1-2,7H,3-6H2;(H,5,6,7);/q;;;+1/p-1/b2*2-1-,8-7?;;. The van der Waals surface area contributed by atoms with Crippen molar-refractivity contribution in [2.24, 2.45) is 0 Å². The molecule has 2 rings (SSSR count). The molecule has 0 N–H and O–H groups in total. The summed E-state index contributed by atoms with van der Waals surface area (Å²) in [5, 5.41) is 0. The van der Waals surface area contributed by atoms with E-state index in [1.165, 1.54) is 51.4 Å². The number of hydrogen-bond acceptors (Lipinski definition) is 3. The van der Waals surface area contributed by atoms with Crippen LogP contribution in [0.15, 0.2) is 44.8 Å². The molecule has 0 saturated heterocycles. The summed E-state index contributed by atoms with van der Waals surface area (Å²) >= 11 is 0.563. The fourth-order valence-corrected chi connectivity index (χ4v) is 4.42. The van der Waals surface area contributed by atoms with Crippen molar-refractivity contribution in [1.29, 1.82) is 0 Å². The molecule has 25 heavy (non-hydrogen) atoms. The van der Waals surface area contributed by atoms with Crippen molar-refractivity contribution in [2.75, 3.05) is 0 Å². The van der Waals surface area contributed by atoms with Gasteiger partial charge >= 0.3 is 119 Å². The van der Waals surface area contributed by atoms with Gasteiger partial charge in [-0.2, -0.15) is 13.2 Å². The van der Waals surface area contributed by atoms with Gasteiger partial charge in [0.15, 0.2) is 10.1 Å². The van der Waals surface area contributed by atoms with Crippen LogP contribution in [0.1, 0.15) is 51.4 Å². The first-order valence-corrected chi connectivity index (χ1v) is 11.1. The Labute approximate surface area is 155 Å². The molecule has 0 bridgehead atoms. The maximum atomic E-state index is 10.7. The number of halogens is 3. The molecule has 0 aliphatic heterocycles. The van der Waals surface area contributed by atoms with Crippen LogP contribution in [0.2, 0.25) is 0 Å². The van der Waals surface area contributed by atoms with Crippen molar-refractivity contribution in [1.82, 2.24) is 0 Å². The molecule has 3 nitrogen and oxygen atoms in total. The molecule has 0 aromatic rings. The summed E-state index contributed by atoms with van der Waals surface area (Å²) in [5.41, 5.74) is -5.65. The van der Waals surface area contributed by atoms with Crippen LogP contribution in [-0.4, -0.2) is 18.5 Å².